The number of piperidine rings is 1. The van der Waals surface area contributed by atoms with Crippen LogP contribution in [0.25, 0.3) is 0 Å². The van der Waals surface area contributed by atoms with Crippen LogP contribution in [0.4, 0.5) is 4.79 Å². The molecule has 2 aliphatic heterocycles. The zero-order valence-electron chi connectivity index (χ0n) is 11.6. The highest BCUT2D eigenvalue weighted by Gasteiger charge is 2.34. The fourth-order valence-corrected chi connectivity index (χ4v) is 2.41. The van der Waals surface area contributed by atoms with Crippen molar-refractivity contribution in [3.63, 3.8) is 0 Å². The Kier molecular flexibility index (Phi) is 4.12. The van der Waals surface area contributed by atoms with Gasteiger partial charge in [0.2, 0.25) is 0 Å². The molecular weight excluding hydrogens is 232 g/mol. The first-order valence-corrected chi connectivity index (χ1v) is 6.78. The number of likely N-dealkylation sites (tertiary alicyclic amines) is 1. The van der Waals surface area contributed by atoms with Gasteiger partial charge in [-0.15, -0.1) is 0 Å². The van der Waals surface area contributed by atoms with Gasteiger partial charge in [-0.05, 0) is 40.2 Å². The smallest absolute Gasteiger partial charge is 0.410 e. The summed E-state index contributed by atoms with van der Waals surface area (Å²) < 4.78 is 11.2. The SMILES string of the molecule is CC(C)(C)OC(=O)N1CC[C@H]2OCCCN[C@H]2C1. The van der Waals surface area contributed by atoms with E-state index in [1.165, 1.54) is 0 Å². The van der Waals surface area contributed by atoms with Crippen LogP contribution in [0.2, 0.25) is 0 Å². The fraction of sp³-hybridized carbons (Fsp3) is 0.923. The Morgan fingerprint density at radius 1 is 1.44 bits per heavy atom. The number of carbonyl (C=O) groups is 1. The summed E-state index contributed by atoms with van der Waals surface area (Å²) in [6, 6.07) is 0.244. The van der Waals surface area contributed by atoms with E-state index in [2.05, 4.69) is 5.32 Å². The standard InChI is InChI=1S/C13H24N2O3/c1-13(2,3)18-12(16)15-7-5-11-10(9-15)14-6-4-8-17-11/h10-11,14H,4-9H2,1-3H3/t10-,11+/m0/s1. The van der Waals surface area contributed by atoms with Crippen LogP contribution in [-0.4, -0.2) is 55.0 Å². The lowest BCUT2D eigenvalue weighted by Gasteiger charge is -2.38. The molecule has 5 nitrogen and oxygen atoms in total. The molecule has 0 aromatic carbocycles. The molecule has 0 aromatic heterocycles. The number of hydrogen-bond acceptors (Lipinski definition) is 4. The van der Waals surface area contributed by atoms with E-state index >= 15 is 0 Å². The van der Waals surface area contributed by atoms with Crippen molar-refractivity contribution >= 4 is 6.09 Å². The van der Waals surface area contributed by atoms with Crippen molar-refractivity contribution in [1.82, 2.24) is 10.2 Å². The van der Waals surface area contributed by atoms with Crippen molar-refractivity contribution in [2.45, 2.75) is 51.4 Å². The minimum absolute atomic E-state index is 0.216. The molecule has 5 heteroatoms. The quantitative estimate of drug-likeness (QED) is 0.711. The zero-order chi connectivity index (χ0) is 13.2. The third-order valence-corrected chi connectivity index (χ3v) is 3.26. The molecule has 0 saturated carbocycles. The Balaban J connectivity index is 1.91. The number of amides is 1. The molecule has 0 unspecified atom stereocenters. The van der Waals surface area contributed by atoms with Gasteiger partial charge >= 0.3 is 6.09 Å². The van der Waals surface area contributed by atoms with E-state index in [1.807, 2.05) is 20.8 Å². The molecule has 2 aliphatic rings. The maximum Gasteiger partial charge on any atom is 0.410 e. The lowest BCUT2D eigenvalue weighted by Crippen LogP contribution is -2.55. The maximum absolute atomic E-state index is 12.0. The molecule has 2 atom stereocenters. The molecule has 2 saturated heterocycles. The van der Waals surface area contributed by atoms with E-state index in [4.69, 9.17) is 9.47 Å². The van der Waals surface area contributed by atoms with Crippen LogP contribution in [0.1, 0.15) is 33.6 Å². The largest absolute Gasteiger partial charge is 0.444 e. The number of rotatable bonds is 0. The Labute approximate surface area is 109 Å². The molecule has 2 fully saturated rings. The minimum Gasteiger partial charge on any atom is -0.444 e. The number of carbonyl (C=O) groups excluding carboxylic acids is 1. The van der Waals surface area contributed by atoms with Crippen LogP contribution in [0, 0.1) is 0 Å². The first-order valence-electron chi connectivity index (χ1n) is 6.78. The summed E-state index contributed by atoms with van der Waals surface area (Å²) in [6.45, 7) is 8.86. The normalized spacial score (nSPS) is 29.4. The average molecular weight is 256 g/mol. The van der Waals surface area contributed by atoms with Gasteiger partial charge in [-0.3, -0.25) is 0 Å². The molecule has 0 radical (unpaired) electrons. The van der Waals surface area contributed by atoms with Gasteiger partial charge in [-0.25, -0.2) is 4.79 Å². The van der Waals surface area contributed by atoms with Crippen molar-refractivity contribution in [2.75, 3.05) is 26.2 Å². The summed E-state index contributed by atoms with van der Waals surface area (Å²) in [5.41, 5.74) is -0.429. The molecule has 1 amide bonds. The van der Waals surface area contributed by atoms with E-state index in [0.717, 1.165) is 32.5 Å². The van der Waals surface area contributed by atoms with Gasteiger partial charge in [0.1, 0.15) is 5.60 Å². The zero-order valence-corrected chi connectivity index (χ0v) is 11.6. The number of fused-ring (bicyclic) bond motifs is 1. The molecule has 0 spiro atoms. The van der Waals surface area contributed by atoms with E-state index in [1.54, 1.807) is 4.90 Å². The molecule has 0 aromatic rings. The van der Waals surface area contributed by atoms with E-state index < -0.39 is 5.60 Å². The Hall–Kier alpha value is -0.810. The van der Waals surface area contributed by atoms with Crippen molar-refractivity contribution in [2.24, 2.45) is 0 Å². The first-order chi connectivity index (χ1) is 8.46. The van der Waals surface area contributed by atoms with Crippen LogP contribution in [0.3, 0.4) is 0 Å². The molecule has 2 heterocycles. The molecule has 0 aliphatic carbocycles. The summed E-state index contributed by atoms with van der Waals surface area (Å²) in [4.78, 5) is 13.8. The van der Waals surface area contributed by atoms with Gasteiger partial charge in [-0.2, -0.15) is 0 Å². The maximum atomic E-state index is 12.0. The molecule has 2 rings (SSSR count). The third kappa shape index (κ3) is 3.59. The van der Waals surface area contributed by atoms with Gasteiger partial charge in [0.05, 0.1) is 12.1 Å². The second-order valence-corrected chi connectivity index (χ2v) is 6.04. The Morgan fingerprint density at radius 3 is 2.94 bits per heavy atom. The van der Waals surface area contributed by atoms with Gasteiger partial charge in [0, 0.05) is 19.7 Å². The summed E-state index contributed by atoms with van der Waals surface area (Å²) in [6.07, 6.45) is 1.95. The van der Waals surface area contributed by atoms with Gasteiger partial charge in [-0.1, -0.05) is 0 Å². The summed E-state index contributed by atoms with van der Waals surface area (Å²) in [5.74, 6) is 0. The molecule has 0 bridgehead atoms. The molecular formula is C13H24N2O3. The van der Waals surface area contributed by atoms with Gasteiger partial charge in [0.25, 0.3) is 0 Å². The first kappa shape index (κ1) is 13.6. The summed E-state index contributed by atoms with van der Waals surface area (Å²) in [5, 5.41) is 3.46. The lowest BCUT2D eigenvalue weighted by molar-refractivity contribution is -0.0184. The van der Waals surface area contributed by atoms with Gasteiger partial charge in [0.15, 0.2) is 0 Å². The number of hydrogen-bond donors (Lipinski definition) is 1. The summed E-state index contributed by atoms with van der Waals surface area (Å²) >= 11 is 0. The van der Waals surface area contributed by atoms with Crippen molar-refractivity contribution in [1.29, 1.82) is 0 Å². The predicted octanol–water partition coefficient (Wildman–Crippen LogP) is 1.37. The minimum atomic E-state index is -0.429. The topological polar surface area (TPSA) is 50.8 Å². The average Bonchev–Trinajstić information content (AvgIpc) is 2.50. The van der Waals surface area contributed by atoms with Crippen LogP contribution >= 0.6 is 0 Å². The van der Waals surface area contributed by atoms with E-state index in [9.17, 15) is 4.79 Å². The highest BCUT2D eigenvalue weighted by Crippen LogP contribution is 2.19. The summed E-state index contributed by atoms with van der Waals surface area (Å²) in [7, 11) is 0. The van der Waals surface area contributed by atoms with Crippen LogP contribution in [0.15, 0.2) is 0 Å². The second-order valence-electron chi connectivity index (χ2n) is 6.04. The number of nitrogens with zero attached hydrogens (tertiary/aromatic N) is 1. The third-order valence-electron chi connectivity index (χ3n) is 3.26. The monoisotopic (exact) mass is 256 g/mol. The molecule has 18 heavy (non-hydrogen) atoms. The van der Waals surface area contributed by atoms with Crippen molar-refractivity contribution in [3.8, 4) is 0 Å². The lowest BCUT2D eigenvalue weighted by atomic mass is 10.0. The van der Waals surface area contributed by atoms with Crippen LogP contribution in [-0.2, 0) is 9.47 Å². The highest BCUT2D eigenvalue weighted by atomic mass is 16.6. The van der Waals surface area contributed by atoms with Crippen LogP contribution in [0.5, 0.6) is 0 Å². The van der Waals surface area contributed by atoms with Crippen LogP contribution < -0.4 is 5.32 Å². The predicted molar refractivity (Wildman–Crippen MR) is 68.6 cm³/mol. The fourth-order valence-electron chi connectivity index (χ4n) is 2.41. The Bertz CT molecular complexity index is 301. The number of ether oxygens (including phenoxy) is 2. The molecule has 1 N–H and O–H groups in total. The Morgan fingerprint density at radius 2 is 2.22 bits per heavy atom. The van der Waals surface area contributed by atoms with Crippen molar-refractivity contribution in [3.05, 3.63) is 0 Å². The number of nitrogens with one attached hydrogen (secondary N) is 1. The van der Waals surface area contributed by atoms with E-state index in [0.29, 0.717) is 6.54 Å². The van der Waals surface area contributed by atoms with Crippen molar-refractivity contribution < 1.29 is 14.3 Å². The second kappa shape index (κ2) is 5.45. The molecule has 104 valence electrons. The van der Waals surface area contributed by atoms with Gasteiger partial charge < -0.3 is 19.7 Å². The highest BCUT2D eigenvalue weighted by molar-refractivity contribution is 5.68. The van der Waals surface area contributed by atoms with E-state index in [-0.39, 0.29) is 18.2 Å².